The predicted octanol–water partition coefficient (Wildman–Crippen LogP) is -10.7. The zero-order valence-corrected chi connectivity index (χ0v) is 29.3. The molecule has 5 aliphatic rings. The Morgan fingerprint density at radius 1 is 0.491 bits per heavy atom. The van der Waals surface area contributed by atoms with Crippen molar-refractivity contribution in [3.8, 4) is 0 Å². The van der Waals surface area contributed by atoms with E-state index in [4.69, 9.17) is 33.2 Å². The number of hydrogen-bond donors (Lipinski definition) is 17. The van der Waals surface area contributed by atoms with E-state index < -0.39 is 174 Å². The standard InChI is InChI=1S/C31H53NO23/c1-7-13(32-9-2-8(3-33)14(37)18(41)15(9)38)17(40)22(45)28(49-7)53-26-11(5-35)51-29(24(47)20(26)43)54-27-12(6-36)52-31(25(48)21(27)44)55-30-23(46)19(42)16(39)10(4-34)50-30/h2,7,9-48H,3-6H2,1H3/t7-,9+,10-,11-,12-,13-,14-,15+,16-,17+,18+,19+,20-,21-,22-,23-,24-,25-,26-,27-,28-,29-,30-,31-/m1/s1. The lowest BCUT2D eigenvalue weighted by Gasteiger charge is -2.49. The minimum Gasteiger partial charge on any atom is -0.394 e. The summed E-state index contributed by atoms with van der Waals surface area (Å²) in [4.78, 5) is 0. The summed E-state index contributed by atoms with van der Waals surface area (Å²) in [5.74, 6) is 0. The van der Waals surface area contributed by atoms with Crippen molar-refractivity contribution in [1.29, 1.82) is 0 Å². The molecule has 0 aromatic heterocycles. The van der Waals surface area contributed by atoms with Crippen molar-refractivity contribution in [3.63, 3.8) is 0 Å². The first-order valence-electron chi connectivity index (χ1n) is 17.6. The number of ether oxygens (including phenoxy) is 7. The van der Waals surface area contributed by atoms with E-state index in [1.54, 1.807) is 0 Å². The number of rotatable bonds is 12. The van der Waals surface area contributed by atoms with Gasteiger partial charge in [0.15, 0.2) is 25.2 Å². The van der Waals surface area contributed by atoms with Crippen molar-refractivity contribution < 1.29 is 115 Å². The fraction of sp³-hybridized carbons (Fsp3) is 0.935. The number of hydrogen-bond acceptors (Lipinski definition) is 24. The molecular weight excluding hydrogens is 754 g/mol. The van der Waals surface area contributed by atoms with Crippen LogP contribution in [0, 0.1) is 0 Å². The Morgan fingerprint density at radius 3 is 1.42 bits per heavy atom. The summed E-state index contributed by atoms with van der Waals surface area (Å²) in [5, 5.41) is 169. The monoisotopic (exact) mass is 807 g/mol. The number of nitrogens with one attached hydrogen (secondary N) is 1. The van der Waals surface area contributed by atoms with E-state index in [1.165, 1.54) is 13.0 Å². The van der Waals surface area contributed by atoms with E-state index in [-0.39, 0.29) is 5.57 Å². The first-order chi connectivity index (χ1) is 26.0. The Balaban J connectivity index is 1.21. The fourth-order valence-electron chi connectivity index (χ4n) is 7.22. The second-order valence-corrected chi connectivity index (χ2v) is 14.2. The van der Waals surface area contributed by atoms with Gasteiger partial charge in [-0.1, -0.05) is 6.08 Å². The Bertz CT molecular complexity index is 1250. The smallest absolute Gasteiger partial charge is 0.189 e. The molecule has 4 saturated heterocycles. The highest BCUT2D eigenvalue weighted by Crippen LogP contribution is 2.34. The van der Waals surface area contributed by atoms with Gasteiger partial charge in [-0.15, -0.1) is 0 Å². The molecule has 0 bridgehead atoms. The van der Waals surface area contributed by atoms with Gasteiger partial charge in [-0.3, -0.25) is 0 Å². The van der Waals surface area contributed by atoms with Gasteiger partial charge in [-0.2, -0.15) is 0 Å². The van der Waals surface area contributed by atoms with E-state index in [9.17, 15) is 81.7 Å². The molecular formula is C31H53NO23. The highest BCUT2D eigenvalue weighted by Gasteiger charge is 2.55. The zero-order valence-electron chi connectivity index (χ0n) is 29.3. The minimum absolute atomic E-state index is 0.00303. The predicted molar refractivity (Wildman–Crippen MR) is 170 cm³/mol. The zero-order chi connectivity index (χ0) is 40.6. The molecule has 24 heteroatoms. The van der Waals surface area contributed by atoms with Crippen LogP contribution >= 0.6 is 0 Å². The molecule has 17 N–H and O–H groups in total. The molecule has 1 aliphatic carbocycles. The van der Waals surface area contributed by atoms with Crippen molar-refractivity contribution in [2.75, 3.05) is 26.4 Å². The van der Waals surface area contributed by atoms with Gasteiger partial charge in [0.1, 0.15) is 104 Å². The van der Waals surface area contributed by atoms with E-state index in [0.717, 1.165) is 0 Å². The van der Waals surface area contributed by atoms with Crippen molar-refractivity contribution in [1.82, 2.24) is 5.32 Å². The highest BCUT2D eigenvalue weighted by molar-refractivity contribution is 5.22. The van der Waals surface area contributed by atoms with Crippen molar-refractivity contribution in [2.45, 2.75) is 154 Å². The Labute approximate surface area is 312 Å². The van der Waals surface area contributed by atoms with E-state index in [1.807, 2.05) is 0 Å². The summed E-state index contributed by atoms with van der Waals surface area (Å²) >= 11 is 0. The maximum atomic E-state index is 11.1. The lowest BCUT2D eigenvalue weighted by atomic mass is 9.86. The fourth-order valence-corrected chi connectivity index (χ4v) is 7.22. The Morgan fingerprint density at radius 2 is 0.927 bits per heavy atom. The molecule has 320 valence electrons. The third-order valence-electron chi connectivity index (χ3n) is 10.6. The molecule has 24 atom stereocenters. The second kappa shape index (κ2) is 18.8. The van der Waals surface area contributed by atoms with Gasteiger partial charge in [-0.25, -0.2) is 0 Å². The van der Waals surface area contributed by atoms with E-state index in [0.29, 0.717) is 0 Å². The molecule has 4 heterocycles. The Hall–Kier alpha value is -1.22. The molecule has 0 aromatic carbocycles. The molecule has 0 unspecified atom stereocenters. The van der Waals surface area contributed by atoms with Gasteiger partial charge in [0.2, 0.25) is 0 Å². The van der Waals surface area contributed by atoms with Crippen LogP contribution in [0.25, 0.3) is 0 Å². The van der Waals surface area contributed by atoms with Crippen LogP contribution in [-0.4, -0.2) is 255 Å². The summed E-state index contributed by atoms with van der Waals surface area (Å²) in [6, 6.07) is -2.25. The van der Waals surface area contributed by atoms with Gasteiger partial charge in [-0.05, 0) is 12.5 Å². The molecule has 0 amide bonds. The lowest BCUT2D eigenvalue weighted by Crippen LogP contribution is -2.68. The van der Waals surface area contributed by atoms with Crippen LogP contribution in [0.4, 0.5) is 0 Å². The summed E-state index contributed by atoms with van der Waals surface area (Å²) in [6.07, 6.45) is -36.9. The van der Waals surface area contributed by atoms with Crippen LogP contribution in [0.5, 0.6) is 0 Å². The van der Waals surface area contributed by atoms with E-state index >= 15 is 0 Å². The lowest BCUT2D eigenvalue weighted by molar-refractivity contribution is -0.396. The maximum absolute atomic E-state index is 11.1. The van der Waals surface area contributed by atoms with Gasteiger partial charge >= 0.3 is 0 Å². The van der Waals surface area contributed by atoms with Crippen LogP contribution in [-0.2, 0) is 33.2 Å². The number of aliphatic hydroxyl groups is 16. The molecule has 24 nitrogen and oxygen atoms in total. The molecule has 4 aliphatic heterocycles. The highest BCUT2D eigenvalue weighted by atomic mass is 16.8. The topological polar surface area (TPSA) is 400 Å². The van der Waals surface area contributed by atoms with Gasteiger partial charge in [0.25, 0.3) is 0 Å². The summed E-state index contributed by atoms with van der Waals surface area (Å²) in [6.45, 7) is -1.81. The molecule has 55 heavy (non-hydrogen) atoms. The third-order valence-corrected chi connectivity index (χ3v) is 10.6. The van der Waals surface area contributed by atoms with Crippen molar-refractivity contribution in [2.24, 2.45) is 0 Å². The summed E-state index contributed by atoms with van der Waals surface area (Å²) < 4.78 is 38.8. The molecule has 0 spiro atoms. The average Bonchev–Trinajstić information content (AvgIpc) is 3.17. The maximum Gasteiger partial charge on any atom is 0.189 e. The van der Waals surface area contributed by atoms with Gasteiger partial charge < -0.3 is 120 Å². The van der Waals surface area contributed by atoms with Crippen LogP contribution in [0.1, 0.15) is 6.92 Å². The molecule has 5 rings (SSSR count). The van der Waals surface area contributed by atoms with Crippen LogP contribution in [0.2, 0.25) is 0 Å². The van der Waals surface area contributed by atoms with Crippen LogP contribution in [0.15, 0.2) is 11.6 Å². The average molecular weight is 808 g/mol. The molecule has 4 fully saturated rings. The molecule has 0 radical (unpaired) electrons. The van der Waals surface area contributed by atoms with Crippen molar-refractivity contribution in [3.05, 3.63) is 11.6 Å². The normalized spacial score (nSPS) is 52.5. The summed E-state index contributed by atoms with van der Waals surface area (Å²) in [5.41, 5.74) is -0.00303. The third kappa shape index (κ3) is 9.03. The van der Waals surface area contributed by atoms with Crippen molar-refractivity contribution >= 4 is 0 Å². The first-order valence-corrected chi connectivity index (χ1v) is 17.6. The van der Waals surface area contributed by atoms with Crippen LogP contribution < -0.4 is 5.32 Å². The SMILES string of the molecule is C[C@H]1O[C@H](O[C@H]2[C@H](O)[C@@H](O)[C@@H](O[C@H]3[C@H](O)[C@@H](O)[C@@H](O[C@H]4O[C@H](CO)[C@@H](O)[C@H](O)[C@H]4O)O[C@@H]3CO)O[C@@H]2CO)[C@H](O)[C@@H](O)[C@@H]1N[C@H]1C=C(CO)[C@@H](O)[C@H](O)[C@H]1O. The largest absolute Gasteiger partial charge is 0.394 e. The summed E-state index contributed by atoms with van der Waals surface area (Å²) in [7, 11) is 0. The first kappa shape index (κ1) is 44.9. The van der Waals surface area contributed by atoms with E-state index in [2.05, 4.69) is 5.32 Å². The van der Waals surface area contributed by atoms with Gasteiger partial charge in [0, 0.05) is 0 Å². The second-order valence-electron chi connectivity index (χ2n) is 14.2. The van der Waals surface area contributed by atoms with Gasteiger partial charge in [0.05, 0.1) is 44.6 Å². The quantitative estimate of drug-likeness (QED) is 0.0814. The Kier molecular flexibility index (Phi) is 15.3. The number of aliphatic hydroxyl groups excluding tert-OH is 16. The minimum atomic E-state index is -2.04. The molecule has 0 aromatic rings. The van der Waals surface area contributed by atoms with Crippen LogP contribution in [0.3, 0.4) is 0 Å². The molecule has 0 saturated carbocycles.